The molecule has 2 N–H and O–H groups in total. The molecule has 0 aromatic carbocycles. The largest absolute Gasteiger partial charge is 0.366 e. The summed E-state index contributed by atoms with van der Waals surface area (Å²) in [5.74, 6) is -3.13. The molecule has 6 nitrogen and oxygen atoms in total. The van der Waals surface area contributed by atoms with Crippen LogP contribution in [0.1, 0.15) is 12.8 Å². The van der Waals surface area contributed by atoms with Gasteiger partial charge in [-0.25, -0.2) is 31.9 Å². The van der Waals surface area contributed by atoms with Crippen LogP contribution in [-0.2, 0) is 10.0 Å². The minimum Gasteiger partial charge on any atom is -0.366 e. The number of rotatable bonds is 4. The number of fused-ring (bicyclic) bond motifs is 1. The van der Waals surface area contributed by atoms with E-state index in [0.29, 0.717) is 18.7 Å². The van der Waals surface area contributed by atoms with E-state index < -0.39 is 27.8 Å². The van der Waals surface area contributed by atoms with Crippen molar-refractivity contribution in [2.75, 3.05) is 12.4 Å². The molecule has 2 aliphatic rings. The molecular weight excluding hydrogens is 290 g/mol. The molecule has 110 valence electrons. The average Bonchev–Trinajstić information content (AvgIpc) is 2.80. The highest BCUT2D eigenvalue weighted by Gasteiger charge is 2.71. The Labute approximate surface area is 115 Å². The molecule has 1 aromatic heterocycles. The molecule has 2 saturated carbocycles. The first-order valence-electron chi connectivity index (χ1n) is 6.24. The van der Waals surface area contributed by atoms with Gasteiger partial charge in [0.25, 0.3) is 15.9 Å². The molecule has 3 rings (SSSR count). The van der Waals surface area contributed by atoms with E-state index in [0.717, 1.165) is 6.20 Å². The molecule has 1 aromatic rings. The van der Waals surface area contributed by atoms with E-state index in [4.69, 9.17) is 0 Å². The van der Waals surface area contributed by atoms with Crippen LogP contribution in [0, 0.1) is 11.8 Å². The van der Waals surface area contributed by atoms with Crippen LogP contribution in [-0.4, -0.2) is 37.4 Å². The lowest BCUT2D eigenvalue weighted by Gasteiger charge is -2.16. The number of aromatic nitrogens is 2. The van der Waals surface area contributed by atoms with Gasteiger partial charge in [-0.2, -0.15) is 0 Å². The molecule has 0 radical (unpaired) electrons. The number of hydrogen-bond acceptors (Lipinski definition) is 5. The standard InChI is InChI=1S/C11H14F2N4O2S/c1-14-20(18,19)10-5-15-9(4-16-10)17-6-2-7-8(3-6)11(7,12)13/h4-8,14H,2-3H2,1H3,(H,15,17)/t6?,7-,8+. The summed E-state index contributed by atoms with van der Waals surface area (Å²) >= 11 is 0. The molecule has 3 atom stereocenters. The SMILES string of the molecule is CNS(=O)(=O)c1cnc(NC2C[C@@H]3[C@H](C2)C3(F)F)cn1. The van der Waals surface area contributed by atoms with Crippen LogP contribution >= 0.6 is 0 Å². The molecule has 0 amide bonds. The van der Waals surface area contributed by atoms with Gasteiger partial charge in [-0.3, -0.25) is 0 Å². The number of halogens is 2. The highest BCUT2D eigenvalue weighted by molar-refractivity contribution is 7.89. The first kappa shape index (κ1) is 13.6. The Hall–Kier alpha value is -1.35. The van der Waals surface area contributed by atoms with Crippen LogP contribution in [0.25, 0.3) is 0 Å². The van der Waals surface area contributed by atoms with Crippen molar-refractivity contribution >= 4 is 15.8 Å². The third kappa shape index (κ3) is 2.14. The Balaban J connectivity index is 1.63. The summed E-state index contributed by atoms with van der Waals surface area (Å²) in [6.45, 7) is 0. The lowest BCUT2D eigenvalue weighted by atomic mass is 10.1. The zero-order valence-electron chi connectivity index (χ0n) is 10.7. The van der Waals surface area contributed by atoms with Crippen LogP contribution in [0.4, 0.5) is 14.6 Å². The maximum atomic E-state index is 13.0. The van der Waals surface area contributed by atoms with Crippen LogP contribution < -0.4 is 10.0 Å². The van der Waals surface area contributed by atoms with Crippen molar-refractivity contribution in [1.29, 1.82) is 0 Å². The van der Waals surface area contributed by atoms with Crippen LogP contribution in [0.15, 0.2) is 17.4 Å². The second-order valence-electron chi connectivity index (χ2n) is 5.15. The van der Waals surface area contributed by atoms with Crippen molar-refractivity contribution in [3.8, 4) is 0 Å². The molecule has 2 fully saturated rings. The van der Waals surface area contributed by atoms with Crippen molar-refractivity contribution in [1.82, 2.24) is 14.7 Å². The highest BCUT2D eigenvalue weighted by atomic mass is 32.2. The zero-order valence-corrected chi connectivity index (χ0v) is 11.5. The highest BCUT2D eigenvalue weighted by Crippen LogP contribution is 2.64. The van der Waals surface area contributed by atoms with Crippen LogP contribution in [0.2, 0.25) is 0 Å². The minimum atomic E-state index is -3.61. The van der Waals surface area contributed by atoms with Gasteiger partial charge in [0.2, 0.25) is 0 Å². The molecular formula is C11H14F2N4O2S. The maximum Gasteiger partial charge on any atom is 0.259 e. The van der Waals surface area contributed by atoms with Crippen molar-refractivity contribution < 1.29 is 17.2 Å². The first-order valence-corrected chi connectivity index (χ1v) is 7.73. The van der Waals surface area contributed by atoms with Crippen molar-refractivity contribution in [3.63, 3.8) is 0 Å². The predicted octanol–water partition coefficient (Wildman–Crippen LogP) is 0.840. The van der Waals surface area contributed by atoms with E-state index in [9.17, 15) is 17.2 Å². The minimum absolute atomic E-state index is 0.0503. The van der Waals surface area contributed by atoms with Gasteiger partial charge in [-0.1, -0.05) is 0 Å². The smallest absolute Gasteiger partial charge is 0.259 e. The topological polar surface area (TPSA) is 84.0 Å². The monoisotopic (exact) mass is 304 g/mol. The summed E-state index contributed by atoms with van der Waals surface area (Å²) in [6.07, 6.45) is 3.26. The number of alkyl halides is 2. The summed E-state index contributed by atoms with van der Waals surface area (Å²) in [7, 11) is -2.32. The maximum absolute atomic E-state index is 13.0. The quantitative estimate of drug-likeness (QED) is 0.861. The average molecular weight is 304 g/mol. The molecule has 1 unspecified atom stereocenters. The van der Waals surface area contributed by atoms with Gasteiger partial charge < -0.3 is 5.32 Å². The van der Waals surface area contributed by atoms with Crippen molar-refractivity contribution in [2.24, 2.45) is 11.8 Å². The predicted molar refractivity (Wildman–Crippen MR) is 66.8 cm³/mol. The second kappa shape index (κ2) is 4.32. The Morgan fingerprint density at radius 2 is 1.90 bits per heavy atom. The second-order valence-corrected chi connectivity index (χ2v) is 6.98. The van der Waals surface area contributed by atoms with Gasteiger partial charge >= 0.3 is 0 Å². The number of nitrogens with one attached hydrogen (secondary N) is 2. The lowest BCUT2D eigenvalue weighted by molar-refractivity contribution is 0.0710. The normalized spacial score (nSPS) is 30.9. The van der Waals surface area contributed by atoms with E-state index >= 15 is 0 Å². The number of sulfonamides is 1. The number of hydrogen-bond donors (Lipinski definition) is 2. The van der Waals surface area contributed by atoms with Gasteiger partial charge in [-0.15, -0.1) is 0 Å². The van der Waals surface area contributed by atoms with Gasteiger partial charge in [0.05, 0.1) is 12.4 Å². The van der Waals surface area contributed by atoms with E-state index in [-0.39, 0.29) is 11.1 Å². The van der Waals surface area contributed by atoms with E-state index in [1.54, 1.807) is 0 Å². The fourth-order valence-corrected chi connectivity index (χ4v) is 3.37. The molecule has 0 saturated heterocycles. The Morgan fingerprint density at radius 3 is 2.40 bits per heavy atom. The lowest BCUT2D eigenvalue weighted by Crippen LogP contribution is -2.23. The van der Waals surface area contributed by atoms with Crippen LogP contribution in [0.3, 0.4) is 0 Å². The van der Waals surface area contributed by atoms with Gasteiger partial charge in [0.1, 0.15) is 5.82 Å². The first-order chi connectivity index (χ1) is 9.34. The van der Waals surface area contributed by atoms with E-state index in [1.165, 1.54) is 13.2 Å². The van der Waals surface area contributed by atoms with E-state index in [1.807, 2.05) is 0 Å². The summed E-state index contributed by atoms with van der Waals surface area (Å²) < 4.78 is 51.2. The van der Waals surface area contributed by atoms with Crippen LogP contribution in [0.5, 0.6) is 0 Å². The van der Waals surface area contributed by atoms with Crippen molar-refractivity contribution in [2.45, 2.75) is 29.8 Å². The van der Waals surface area contributed by atoms with E-state index in [2.05, 4.69) is 20.0 Å². The fourth-order valence-electron chi connectivity index (χ4n) is 2.77. The fraction of sp³-hybridized carbons (Fsp3) is 0.636. The molecule has 0 spiro atoms. The summed E-state index contributed by atoms with van der Waals surface area (Å²) in [5, 5.41) is 2.84. The summed E-state index contributed by atoms with van der Waals surface area (Å²) in [4.78, 5) is 7.75. The van der Waals surface area contributed by atoms with Gasteiger partial charge in [0, 0.05) is 17.9 Å². The molecule has 1 heterocycles. The number of anilines is 1. The summed E-state index contributed by atoms with van der Waals surface area (Å²) in [6, 6.07) is -0.0503. The molecule has 9 heteroatoms. The Kier molecular flexibility index (Phi) is 2.94. The Morgan fingerprint density at radius 1 is 1.25 bits per heavy atom. The molecule has 0 bridgehead atoms. The van der Waals surface area contributed by atoms with Gasteiger partial charge in [-0.05, 0) is 19.9 Å². The number of nitrogens with zero attached hydrogens (tertiary/aromatic N) is 2. The summed E-state index contributed by atoms with van der Waals surface area (Å²) in [5.41, 5.74) is 0. The third-order valence-electron chi connectivity index (χ3n) is 3.97. The third-order valence-corrected chi connectivity index (χ3v) is 5.27. The van der Waals surface area contributed by atoms with Gasteiger partial charge in [0.15, 0.2) is 5.03 Å². The molecule has 2 aliphatic carbocycles. The molecule has 20 heavy (non-hydrogen) atoms. The molecule has 0 aliphatic heterocycles. The van der Waals surface area contributed by atoms with Crippen molar-refractivity contribution in [3.05, 3.63) is 12.4 Å². The Bertz CT molecular complexity index is 606. The zero-order chi connectivity index (χ0) is 14.5.